The van der Waals surface area contributed by atoms with Crippen molar-refractivity contribution in [1.82, 2.24) is 0 Å². The maximum absolute atomic E-state index is 12.2. The van der Waals surface area contributed by atoms with Crippen LogP contribution in [0.1, 0.15) is 24.5 Å². The molecule has 28 heavy (non-hydrogen) atoms. The molecule has 1 aliphatic rings. The van der Waals surface area contributed by atoms with E-state index in [4.69, 9.17) is 4.74 Å². The molecule has 1 atom stereocenters. The molecular weight excluding hydrogens is 401 g/mol. The van der Waals surface area contributed by atoms with Crippen molar-refractivity contribution in [2.75, 3.05) is 0 Å². The van der Waals surface area contributed by atoms with E-state index >= 15 is 0 Å². The van der Waals surface area contributed by atoms with Crippen LogP contribution in [0.3, 0.4) is 0 Å². The predicted molar refractivity (Wildman–Crippen MR) is 90.8 cm³/mol. The molecule has 1 fully saturated rings. The van der Waals surface area contributed by atoms with Crippen LogP contribution in [0.5, 0.6) is 11.5 Å². The van der Waals surface area contributed by atoms with Gasteiger partial charge in [-0.1, -0.05) is 12.1 Å². The summed E-state index contributed by atoms with van der Waals surface area (Å²) in [6.45, 7) is 0. The van der Waals surface area contributed by atoms with Crippen LogP contribution in [0.15, 0.2) is 53.4 Å². The first-order valence-electron chi connectivity index (χ1n) is 8.15. The van der Waals surface area contributed by atoms with E-state index in [-0.39, 0.29) is 21.5 Å². The average Bonchev–Trinajstić information content (AvgIpc) is 3.45. The van der Waals surface area contributed by atoms with E-state index < -0.39 is 34.0 Å². The molecule has 2 aromatic carbocycles. The number of rotatable bonds is 7. The quantitative estimate of drug-likeness (QED) is 0.740. The largest absolute Gasteiger partial charge is 0.573 e. The van der Waals surface area contributed by atoms with Crippen LogP contribution in [0.4, 0.5) is 13.2 Å². The number of carboxylic acid groups (broad SMARTS) is 1. The highest BCUT2D eigenvalue weighted by Gasteiger charge is 2.37. The third-order valence-electron chi connectivity index (χ3n) is 4.01. The first-order chi connectivity index (χ1) is 13.1. The summed E-state index contributed by atoms with van der Waals surface area (Å²) < 4.78 is 70.0. The molecule has 0 aromatic heterocycles. The van der Waals surface area contributed by atoms with Crippen LogP contribution >= 0.6 is 0 Å². The van der Waals surface area contributed by atoms with E-state index in [9.17, 15) is 31.5 Å². The number of hydrogen-bond acceptors (Lipinski definition) is 5. The summed E-state index contributed by atoms with van der Waals surface area (Å²) in [7, 11) is -3.40. The summed E-state index contributed by atoms with van der Waals surface area (Å²) in [5.74, 6) is -1.80. The van der Waals surface area contributed by atoms with Crippen LogP contribution < -0.4 is 9.47 Å². The van der Waals surface area contributed by atoms with Crippen molar-refractivity contribution >= 4 is 15.8 Å². The number of carbonyl (C=O) groups is 1. The first kappa shape index (κ1) is 20.0. The summed E-state index contributed by atoms with van der Waals surface area (Å²) in [6, 6.07) is 9.60. The van der Waals surface area contributed by atoms with Gasteiger partial charge in [0, 0.05) is 5.56 Å². The Labute approximate surface area is 158 Å². The molecule has 6 nitrogen and oxygen atoms in total. The van der Waals surface area contributed by atoms with Crippen molar-refractivity contribution in [3.05, 3.63) is 54.1 Å². The second-order valence-electron chi connectivity index (χ2n) is 6.17. The van der Waals surface area contributed by atoms with E-state index in [1.165, 1.54) is 24.3 Å². The zero-order valence-corrected chi connectivity index (χ0v) is 15.0. The molecule has 1 aliphatic carbocycles. The molecule has 10 heteroatoms. The zero-order valence-electron chi connectivity index (χ0n) is 14.2. The van der Waals surface area contributed by atoms with Gasteiger partial charge in [-0.05, 0) is 49.2 Å². The number of ether oxygens (including phenoxy) is 2. The minimum absolute atomic E-state index is 0.0107. The Morgan fingerprint density at radius 2 is 1.54 bits per heavy atom. The highest BCUT2D eigenvalue weighted by atomic mass is 32.2. The maximum atomic E-state index is 12.2. The lowest BCUT2D eigenvalue weighted by Gasteiger charge is -2.16. The highest BCUT2D eigenvalue weighted by molar-refractivity contribution is 7.92. The number of hydrogen-bond donors (Lipinski definition) is 1. The fourth-order valence-corrected chi connectivity index (χ4v) is 4.18. The summed E-state index contributed by atoms with van der Waals surface area (Å²) in [5, 5.41) is 9.02. The fourth-order valence-electron chi connectivity index (χ4n) is 2.52. The predicted octanol–water partition coefficient (Wildman–Crippen LogP) is 3.73. The Morgan fingerprint density at radius 3 is 2.00 bits per heavy atom. The molecule has 3 rings (SSSR count). The van der Waals surface area contributed by atoms with Gasteiger partial charge in [0.1, 0.15) is 11.5 Å². The summed E-state index contributed by atoms with van der Waals surface area (Å²) in [6.07, 6.45) is -5.08. The van der Waals surface area contributed by atoms with Crippen molar-refractivity contribution in [2.45, 2.75) is 35.5 Å². The third-order valence-corrected chi connectivity index (χ3v) is 6.29. The Hall–Kier alpha value is -2.75. The normalized spacial score (nSPS) is 15.7. The van der Waals surface area contributed by atoms with Gasteiger partial charge in [0.2, 0.25) is 6.10 Å². The second kappa shape index (κ2) is 7.34. The number of halogens is 3. The Morgan fingerprint density at radius 1 is 1.00 bits per heavy atom. The number of carboxylic acids is 1. The van der Waals surface area contributed by atoms with Gasteiger partial charge < -0.3 is 14.6 Å². The smallest absolute Gasteiger partial charge is 0.478 e. The van der Waals surface area contributed by atoms with E-state index in [1.807, 2.05) is 0 Å². The van der Waals surface area contributed by atoms with Crippen molar-refractivity contribution < 1.29 is 41.0 Å². The molecule has 0 spiro atoms. The molecule has 0 amide bonds. The Balaban J connectivity index is 1.76. The van der Waals surface area contributed by atoms with E-state index in [0.717, 1.165) is 24.3 Å². The second-order valence-corrected chi connectivity index (χ2v) is 8.40. The molecular formula is C18H15F3O6S. The summed E-state index contributed by atoms with van der Waals surface area (Å²) in [4.78, 5) is 11.7. The van der Waals surface area contributed by atoms with Gasteiger partial charge >= 0.3 is 12.3 Å². The first-order valence-corrected chi connectivity index (χ1v) is 9.70. The molecule has 0 heterocycles. The average molecular weight is 416 g/mol. The minimum atomic E-state index is -4.84. The molecule has 150 valence electrons. The minimum Gasteiger partial charge on any atom is -0.478 e. The third kappa shape index (κ3) is 4.75. The van der Waals surface area contributed by atoms with Crippen LogP contribution in [0, 0.1) is 0 Å². The Kier molecular flexibility index (Phi) is 5.24. The van der Waals surface area contributed by atoms with Gasteiger partial charge in [-0.15, -0.1) is 13.2 Å². The number of alkyl halides is 3. The van der Waals surface area contributed by atoms with E-state index in [1.54, 1.807) is 0 Å². The Bertz CT molecular complexity index is 948. The molecule has 1 saturated carbocycles. The molecule has 0 saturated heterocycles. The van der Waals surface area contributed by atoms with Crippen LogP contribution in [0.2, 0.25) is 0 Å². The number of benzene rings is 2. The summed E-state index contributed by atoms with van der Waals surface area (Å²) >= 11 is 0. The topological polar surface area (TPSA) is 89.9 Å². The zero-order chi connectivity index (χ0) is 20.5. The molecule has 0 bridgehead atoms. The van der Waals surface area contributed by atoms with Gasteiger partial charge in [-0.2, -0.15) is 0 Å². The molecule has 2 aromatic rings. The van der Waals surface area contributed by atoms with Crippen LogP contribution in [-0.2, 0) is 14.6 Å². The fraction of sp³-hybridized carbons (Fsp3) is 0.278. The molecule has 0 radical (unpaired) electrons. The lowest BCUT2D eigenvalue weighted by atomic mass is 10.1. The SMILES string of the molecule is O=C(O)C(Oc1ccc(OC(F)(F)F)cc1)c1ccc(S(=O)(=O)C2CC2)cc1. The van der Waals surface area contributed by atoms with E-state index in [2.05, 4.69) is 4.74 Å². The van der Waals surface area contributed by atoms with Gasteiger partial charge in [-0.25, -0.2) is 13.2 Å². The standard InChI is InChI=1S/C18H15F3O6S/c19-18(20,21)27-13-5-3-12(4-6-13)26-16(17(22)23)11-1-7-14(8-2-11)28(24,25)15-9-10-15/h1-8,15-16H,9-10H2,(H,22,23). The molecule has 0 aliphatic heterocycles. The maximum Gasteiger partial charge on any atom is 0.573 e. The summed E-state index contributed by atoms with van der Waals surface area (Å²) in [5.41, 5.74) is 0.192. The van der Waals surface area contributed by atoms with Crippen molar-refractivity contribution in [3.63, 3.8) is 0 Å². The van der Waals surface area contributed by atoms with Crippen molar-refractivity contribution in [2.24, 2.45) is 0 Å². The molecule has 1 N–H and O–H groups in total. The monoisotopic (exact) mass is 416 g/mol. The van der Waals surface area contributed by atoms with Crippen molar-refractivity contribution in [3.8, 4) is 11.5 Å². The lowest BCUT2D eigenvalue weighted by molar-refractivity contribution is -0.274. The highest BCUT2D eigenvalue weighted by Crippen LogP contribution is 2.34. The van der Waals surface area contributed by atoms with Crippen molar-refractivity contribution in [1.29, 1.82) is 0 Å². The van der Waals surface area contributed by atoms with Gasteiger partial charge in [-0.3, -0.25) is 0 Å². The van der Waals surface area contributed by atoms with Crippen LogP contribution in [0.25, 0.3) is 0 Å². The van der Waals surface area contributed by atoms with E-state index in [0.29, 0.717) is 12.8 Å². The van der Waals surface area contributed by atoms with Crippen LogP contribution in [-0.4, -0.2) is 31.1 Å². The molecule has 1 unspecified atom stereocenters. The van der Waals surface area contributed by atoms with Gasteiger partial charge in [0.25, 0.3) is 0 Å². The number of aliphatic carboxylic acids is 1. The number of sulfone groups is 1. The lowest BCUT2D eigenvalue weighted by Crippen LogP contribution is -2.19. The van der Waals surface area contributed by atoms with Gasteiger partial charge in [0.05, 0.1) is 10.1 Å². The van der Waals surface area contributed by atoms with Gasteiger partial charge in [0.15, 0.2) is 9.84 Å².